The van der Waals surface area contributed by atoms with Gasteiger partial charge < -0.3 is 16.0 Å². The average Bonchev–Trinajstić information content (AvgIpc) is 3.19. The number of rotatable bonds is 4. The van der Waals surface area contributed by atoms with Crippen molar-refractivity contribution in [2.45, 2.75) is 0 Å². The van der Waals surface area contributed by atoms with Crippen LogP contribution < -0.4 is 11.1 Å². The van der Waals surface area contributed by atoms with Crippen LogP contribution in [0.3, 0.4) is 0 Å². The number of benzene rings is 3. The van der Waals surface area contributed by atoms with Gasteiger partial charge in [-0.2, -0.15) is 0 Å². The number of nitrogen functional groups attached to an aromatic ring is 1. The second-order valence-corrected chi connectivity index (χ2v) is 6.76. The molecule has 7 heteroatoms. The zero-order valence-electron chi connectivity index (χ0n) is 15.1. The van der Waals surface area contributed by atoms with Crippen LogP contribution in [0.1, 0.15) is 10.4 Å². The Labute approximate surface area is 171 Å². The first-order valence-corrected chi connectivity index (χ1v) is 9.17. The van der Waals surface area contributed by atoms with Crippen molar-refractivity contribution >= 4 is 28.9 Å². The van der Waals surface area contributed by atoms with E-state index >= 15 is 0 Å². The molecule has 0 aliphatic carbocycles. The van der Waals surface area contributed by atoms with Gasteiger partial charge in [-0.25, -0.2) is 9.37 Å². The highest BCUT2D eigenvalue weighted by Gasteiger charge is 2.14. The number of halogens is 2. The standard InChI is InChI=1S/C22H16ClFN4O/c23-15-4-3-5-16(24)20(15)21-26-12-19(27-21)13-8-10-14(11-9-13)22(29)28-18-7-2-1-6-17(18)25/h1-12H,25H2,(H,26,27)(H,28,29). The number of para-hydroxylation sites is 2. The van der Waals surface area contributed by atoms with Crippen molar-refractivity contribution in [3.8, 4) is 22.6 Å². The first-order chi connectivity index (χ1) is 14.0. The molecule has 4 aromatic rings. The van der Waals surface area contributed by atoms with Crippen molar-refractivity contribution in [2.75, 3.05) is 11.1 Å². The molecule has 5 nitrogen and oxygen atoms in total. The predicted molar refractivity (Wildman–Crippen MR) is 113 cm³/mol. The van der Waals surface area contributed by atoms with Gasteiger partial charge in [0.05, 0.1) is 27.7 Å². The molecule has 0 saturated carbocycles. The van der Waals surface area contributed by atoms with Crippen molar-refractivity contribution in [1.82, 2.24) is 9.97 Å². The molecule has 4 N–H and O–H groups in total. The molecule has 4 rings (SSSR count). The van der Waals surface area contributed by atoms with Crippen LogP contribution in [0.4, 0.5) is 15.8 Å². The second-order valence-electron chi connectivity index (χ2n) is 6.35. The Morgan fingerprint density at radius 2 is 1.79 bits per heavy atom. The van der Waals surface area contributed by atoms with Crippen molar-refractivity contribution < 1.29 is 9.18 Å². The Morgan fingerprint density at radius 3 is 2.52 bits per heavy atom. The zero-order valence-corrected chi connectivity index (χ0v) is 15.9. The summed E-state index contributed by atoms with van der Waals surface area (Å²) >= 11 is 6.10. The molecule has 0 aliphatic heterocycles. The van der Waals surface area contributed by atoms with Gasteiger partial charge in [0.15, 0.2) is 0 Å². The van der Waals surface area contributed by atoms with E-state index in [0.717, 1.165) is 5.56 Å². The minimum absolute atomic E-state index is 0.219. The second kappa shape index (κ2) is 7.77. The summed E-state index contributed by atoms with van der Waals surface area (Å²) in [5.74, 6) is -0.384. The van der Waals surface area contributed by atoms with Crippen LogP contribution in [-0.2, 0) is 0 Å². The minimum Gasteiger partial charge on any atom is -0.397 e. The van der Waals surface area contributed by atoms with Crippen LogP contribution in [0.5, 0.6) is 0 Å². The van der Waals surface area contributed by atoms with Crippen LogP contribution >= 0.6 is 11.6 Å². The maximum Gasteiger partial charge on any atom is 0.255 e. The number of amides is 1. The summed E-state index contributed by atoms with van der Waals surface area (Å²) in [7, 11) is 0. The quantitative estimate of drug-likeness (QED) is 0.398. The molecular weight excluding hydrogens is 391 g/mol. The van der Waals surface area contributed by atoms with E-state index in [2.05, 4.69) is 15.3 Å². The molecule has 3 aromatic carbocycles. The van der Waals surface area contributed by atoms with E-state index in [-0.39, 0.29) is 16.5 Å². The van der Waals surface area contributed by atoms with Gasteiger partial charge in [-0.1, -0.05) is 41.9 Å². The molecule has 0 aliphatic rings. The smallest absolute Gasteiger partial charge is 0.255 e. The molecule has 0 saturated heterocycles. The van der Waals surface area contributed by atoms with Gasteiger partial charge in [-0.15, -0.1) is 0 Å². The lowest BCUT2D eigenvalue weighted by Crippen LogP contribution is -2.12. The average molecular weight is 407 g/mol. The number of imidazole rings is 1. The van der Waals surface area contributed by atoms with E-state index < -0.39 is 5.82 Å². The summed E-state index contributed by atoms with van der Waals surface area (Å²) in [4.78, 5) is 19.8. The molecule has 29 heavy (non-hydrogen) atoms. The maximum absolute atomic E-state index is 14.1. The number of H-pyrrole nitrogens is 1. The SMILES string of the molecule is Nc1ccccc1NC(=O)c1ccc(-c2c[nH]c(-c3c(F)cccc3Cl)n2)cc1. The molecule has 0 unspecified atom stereocenters. The fourth-order valence-electron chi connectivity index (χ4n) is 2.92. The van der Waals surface area contributed by atoms with Crippen LogP contribution in [0.15, 0.2) is 72.9 Å². The van der Waals surface area contributed by atoms with Crippen molar-refractivity contribution in [1.29, 1.82) is 0 Å². The fraction of sp³-hybridized carbons (Fsp3) is 0. The van der Waals surface area contributed by atoms with Crippen molar-refractivity contribution in [3.63, 3.8) is 0 Å². The fourth-order valence-corrected chi connectivity index (χ4v) is 3.17. The predicted octanol–water partition coefficient (Wildman–Crippen LogP) is 5.37. The van der Waals surface area contributed by atoms with Gasteiger partial charge >= 0.3 is 0 Å². The summed E-state index contributed by atoms with van der Waals surface area (Å²) in [5.41, 5.74) is 8.99. The van der Waals surface area contributed by atoms with Crippen LogP contribution in [0, 0.1) is 5.82 Å². The summed E-state index contributed by atoms with van der Waals surface area (Å²) in [6, 6.07) is 18.4. The summed E-state index contributed by atoms with van der Waals surface area (Å²) in [6.07, 6.45) is 1.66. The van der Waals surface area contributed by atoms with E-state index in [4.69, 9.17) is 17.3 Å². The van der Waals surface area contributed by atoms with Gasteiger partial charge in [-0.3, -0.25) is 4.79 Å². The Bertz CT molecular complexity index is 1170. The van der Waals surface area contributed by atoms with Crippen molar-refractivity contribution in [2.24, 2.45) is 0 Å². The molecule has 0 fully saturated rings. The number of aromatic amines is 1. The largest absolute Gasteiger partial charge is 0.397 e. The number of hydrogen-bond donors (Lipinski definition) is 3. The molecule has 1 heterocycles. The van der Waals surface area contributed by atoms with Crippen LogP contribution in [0.25, 0.3) is 22.6 Å². The highest BCUT2D eigenvalue weighted by atomic mass is 35.5. The van der Waals surface area contributed by atoms with Gasteiger partial charge in [-0.05, 0) is 36.4 Å². The van der Waals surface area contributed by atoms with E-state index in [1.807, 2.05) is 0 Å². The molecule has 144 valence electrons. The summed E-state index contributed by atoms with van der Waals surface area (Å²) < 4.78 is 14.1. The third kappa shape index (κ3) is 3.83. The molecule has 1 aromatic heterocycles. The van der Waals surface area contributed by atoms with Crippen molar-refractivity contribution in [3.05, 3.63) is 89.3 Å². The van der Waals surface area contributed by atoms with Gasteiger partial charge in [0.25, 0.3) is 5.91 Å². The summed E-state index contributed by atoms with van der Waals surface area (Å²) in [5, 5.41) is 3.06. The number of nitrogens with zero attached hydrogens (tertiary/aromatic N) is 1. The zero-order chi connectivity index (χ0) is 20.4. The maximum atomic E-state index is 14.1. The molecule has 0 spiro atoms. The Balaban J connectivity index is 1.55. The van der Waals surface area contributed by atoms with E-state index in [9.17, 15) is 9.18 Å². The number of anilines is 2. The number of nitrogens with one attached hydrogen (secondary N) is 2. The monoisotopic (exact) mass is 406 g/mol. The molecule has 0 radical (unpaired) electrons. The van der Waals surface area contributed by atoms with E-state index in [1.165, 1.54) is 12.1 Å². The lowest BCUT2D eigenvalue weighted by atomic mass is 10.1. The Morgan fingerprint density at radius 1 is 1.03 bits per heavy atom. The molecule has 1 amide bonds. The molecule has 0 atom stereocenters. The topological polar surface area (TPSA) is 83.8 Å². The third-order valence-corrected chi connectivity index (χ3v) is 4.74. The van der Waals surface area contributed by atoms with Crippen LogP contribution in [-0.4, -0.2) is 15.9 Å². The number of aromatic nitrogens is 2. The first kappa shape index (κ1) is 18.7. The Kier molecular flexibility index (Phi) is 5.01. The summed E-state index contributed by atoms with van der Waals surface area (Å²) in [6.45, 7) is 0. The number of carbonyl (C=O) groups is 1. The highest BCUT2D eigenvalue weighted by molar-refractivity contribution is 6.33. The van der Waals surface area contributed by atoms with Gasteiger partial charge in [0, 0.05) is 17.3 Å². The van der Waals surface area contributed by atoms with Gasteiger partial charge in [0.2, 0.25) is 0 Å². The number of nitrogens with two attached hydrogens (primary N) is 1. The normalized spacial score (nSPS) is 10.7. The third-order valence-electron chi connectivity index (χ3n) is 4.43. The van der Waals surface area contributed by atoms with E-state index in [0.29, 0.717) is 28.5 Å². The number of hydrogen-bond acceptors (Lipinski definition) is 3. The van der Waals surface area contributed by atoms with Gasteiger partial charge in [0.1, 0.15) is 11.6 Å². The lowest BCUT2D eigenvalue weighted by Gasteiger charge is -2.08. The Hall–Kier alpha value is -3.64. The highest BCUT2D eigenvalue weighted by Crippen LogP contribution is 2.30. The van der Waals surface area contributed by atoms with E-state index in [1.54, 1.807) is 60.8 Å². The minimum atomic E-state index is -0.453. The first-order valence-electron chi connectivity index (χ1n) is 8.79. The molecular formula is C22H16ClFN4O. The molecule has 0 bridgehead atoms. The van der Waals surface area contributed by atoms with Crippen LogP contribution in [0.2, 0.25) is 5.02 Å². The lowest BCUT2D eigenvalue weighted by molar-refractivity contribution is 0.102. The number of carbonyl (C=O) groups excluding carboxylic acids is 1.